The maximum Gasteiger partial charge on any atom is 0.252 e. The first-order valence-electron chi connectivity index (χ1n) is 11.3. The summed E-state index contributed by atoms with van der Waals surface area (Å²) in [7, 11) is 0. The van der Waals surface area contributed by atoms with E-state index in [4.69, 9.17) is 14.5 Å². The molecule has 7 nitrogen and oxygen atoms in total. The van der Waals surface area contributed by atoms with E-state index in [9.17, 15) is 4.79 Å². The Labute approximate surface area is 188 Å². The summed E-state index contributed by atoms with van der Waals surface area (Å²) in [4.78, 5) is 24.4. The average molecular weight is 435 g/mol. The maximum absolute atomic E-state index is 13.0. The van der Waals surface area contributed by atoms with Crippen LogP contribution in [0, 0.1) is 0 Å². The van der Waals surface area contributed by atoms with Crippen LogP contribution < -0.4 is 10.1 Å². The largest absolute Gasteiger partial charge is 0.494 e. The molecular weight excluding hydrogens is 404 g/mol. The molecule has 1 aliphatic rings. The van der Waals surface area contributed by atoms with Gasteiger partial charge in [-0.1, -0.05) is 0 Å². The van der Waals surface area contributed by atoms with E-state index in [0.29, 0.717) is 24.2 Å². The van der Waals surface area contributed by atoms with Gasteiger partial charge in [0.2, 0.25) is 0 Å². The molecule has 3 aromatic rings. The van der Waals surface area contributed by atoms with Crippen molar-refractivity contribution in [1.29, 1.82) is 0 Å². The minimum absolute atomic E-state index is 0.0813. The van der Waals surface area contributed by atoms with Crippen molar-refractivity contribution >= 4 is 16.8 Å². The Kier molecular flexibility index (Phi) is 7.64. The van der Waals surface area contributed by atoms with Crippen LogP contribution in [0.3, 0.4) is 0 Å². The number of pyridine rings is 2. The molecule has 0 atom stereocenters. The number of benzene rings is 1. The number of amides is 1. The fourth-order valence-electron chi connectivity index (χ4n) is 3.89. The Balaban J connectivity index is 1.44. The second-order valence-corrected chi connectivity index (χ2v) is 7.82. The Morgan fingerprint density at radius 1 is 1.16 bits per heavy atom. The van der Waals surface area contributed by atoms with Gasteiger partial charge in [0.05, 0.1) is 42.8 Å². The van der Waals surface area contributed by atoms with Crippen molar-refractivity contribution in [3.8, 4) is 17.0 Å². The predicted octanol–water partition coefficient (Wildman–Crippen LogP) is 3.54. The minimum Gasteiger partial charge on any atom is -0.494 e. The molecule has 0 radical (unpaired) electrons. The summed E-state index contributed by atoms with van der Waals surface area (Å²) in [6, 6.07) is 11.5. The average Bonchev–Trinajstić information content (AvgIpc) is 2.84. The van der Waals surface area contributed by atoms with Crippen LogP contribution in [-0.2, 0) is 4.74 Å². The SMILES string of the molecule is CCOc1ccc(-c2cc(C(=O)NCCCCN3CCOCC3)c3ccncc3n2)cc1. The number of carbonyl (C=O) groups excluding carboxylic acids is 1. The molecule has 7 heteroatoms. The molecule has 1 N–H and O–H groups in total. The van der Waals surface area contributed by atoms with Crippen molar-refractivity contribution in [1.82, 2.24) is 20.2 Å². The molecule has 0 spiro atoms. The van der Waals surface area contributed by atoms with E-state index in [1.807, 2.05) is 43.3 Å². The van der Waals surface area contributed by atoms with Crippen LogP contribution >= 0.6 is 0 Å². The molecule has 2 aromatic heterocycles. The van der Waals surface area contributed by atoms with Gasteiger partial charge in [-0.2, -0.15) is 0 Å². The zero-order valence-corrected chi connectivity index (χ0v) is 18.5. The normalized spacial score (nSPS) is 14.4. The lowest BCUT2D eigenvalue weighted by Gasteiger charge is -2.26. The van der Waals surface area contributed by atoms with Crippen LogP contribution in [0.1, 0.15) is 30.1 Å². The van der Waals surface area contributed by atoms with Gasteiger partial charge in [0.1, 0.15) is 5.75 Å². The lowest BCUT2D eigenvalue weighted by atomic mass is 10.0. The highest BCUT2D eigenvalue weighted by atomic mass is 16.5. The Morgan fingerprint density at radius 3 is 2.75 bits per heavy atom. The van der Waals surface area contributed by atoms with Gasteiger partial charge in [-0.05, 0) is 62.7 Å². The summed E-state index contributed by atoms with van der Waals surface area (Å²) in [5.41, 5.74) is 3.00. The lowest BCUT2D eigenvalue weighted by molar-refractivity contribution is 0.0372. The monoisotopic (exact) mass is 434 g/mol. The Morgan fingerprint density at radius 2 is 1.97 bits per heavy atom. The standard InChI is InChI=1S/C25H30N4O3/c1-2-32-20-7-5-19(6-8-20)23-17-22(21-9-11-26-18-24(21)28-23)25(30)27-10-3-4-12-29-13-15-31-16-14-29/h5-9,11,17-18H,2-4,10,12-16H2,1H3,(H,27,30). The number of rotatable bonds is 9. The van der Waals surface area contributed by atoms with Crippen LogP contribution in [-0.4, -0.2) is 66.8 Å². The topological polar surface area (TPSA) is 76.6 Å². The van der Waals surface area contributed by atoms with Gasteiger partial charge in [-0.25, -0.2) is 4.98 Å². The van der Waals surface area contributed by atoms with E-state index in [1.54, 1.807) is 12.4 Å². The number of unbranched alkanes of at least 4 members (excludes halogenated alkanes) is 1. The van der Waals surface area contributed by atoms with Crippen LogP contribution in [0.25, 0.3) is 22.2 Å². The maximum atomic E-state index is 13.0. The molecule has 0 aliphatic carbocycles. The highest BCUT2D eigenvalue weighted by Gasteiger charge is 2.14. The number of carbonyl (C=O) groups is 1. The van der Waals surface area contributed by atoms with E-state index < -0.39 is 0 Å². The Hall–Kier alpha value is -3.03. The summed E-state index contributed by atoms with van der Waals surface area (Å²) in [6.45, 7) is 7.90. The first kappa shape index (κ1) is 22.2. The summed E-state index contributed by atoms with van der Waals surface area (Å²) in [5.74, 6) is 0.732. The summed E-state index contributed by atoms with van der Waals surface area (Å²) in [5, 5.41) is 3.89. The van der Waals surface area contributed by atoms with Crippen LogP contribution in [0.15, 0.2) is 48.8 Å². The molecule has 4 rings (SSSR count). The van der Waals surface area contributed by atoms with Crippen molar-refractivity contribution in [3.05, 3.63) is 54.4 Å². The number of hydrogen-bond donors (Lipinski definition) is 1. The number of ether oxygens (including phenoxy) is 2. The zero-order valence-electron chi connectivity index (χ0n) is 18.5. The van der Waals surface area contributed by atoms with Crippen molar-refractivity contribution in [3.63, 3.8) is 0 Å². The molecule has 32 heavy (non-hydrogen) atoms. The van der Waals surface area contributed by atoms with Gasteiger partial charge in [-0.15, -0.1) is 0 Å². The van der Waals surface area contributed by atoms with Crippen LogP contribution in [0.2, 0.25) is 0 Å². The molecule has 1 aromatic carbocycles. The third-order valence-corrected chi connectivity index (χ3v) is 5.61. The zero-order chi connectivity index (χ0) is 22.2. The number of nitrogens with one attached hydrogen (secondary N) is 1. The van der Waals surface area contributed by atoms with Gasteiger partial charge >= 0.3 is 0 Å². The molecule has 0 saturated carbocycles. The number of fused-ring (bicyclic) bond motifs is 1. The fourth-order valence-corrected chi connectivity index (χ4v) is 3.89. The van der Waals surface area contributed by atoms with Gasteiger partial charge in [0, 0.05) is 36.8 Å². The molecule has 1 aliphatic heterocycles. The first-order chi connectivity index (χ1) is 15.7. The molecule has 1 amide bonds. The van der Waals surface area contributed by atoms with E-state index >= 15 is 0 Å². The van der Waals surface area contributed by atoms with Gasteiger partial charge in [0.15, 0.2) is 0 Å². The third-order valence-electron chi connectivity index (χ3n) is 5.61. The van der Waals surface area contributed by atoms with E-state index in [0.717, 1.165) is 68.1 Å². The van der Waals surface area contributed by atoms with E-state index in [2.05, 4.69) is 15.2 Å². The molecule has 0 bridgehead atoms. The smallest absolute Gasteiger partial charge is 0.252 e. The molecule has 1 fully saturated rings. The number of morpholine rings is 1. The molecule has 0 unspecified atom stereocenters. The lowest BCUT2D eigenvalue weighted by Crippen LogP contribution is -2.37. The minimum atomic E-state index is -0.0813. The summed E-state index contributed by atoms with van der Waals surface area (Å²) in [6.07, 6.45) is 5.39. The predicted molar refractivity (Wildman–Crippen MR) is 125 cm³/mol. The number of hydrogen-bond acceptors (Lipinski definition) is 6. The molecule has 168 valence electrons. The van der Waals surface area contributed by atoms with Crippen molar-refractivity contribution in [2.24, 2.45) is 0 Å². The fraction of sp³-hybridized carbons (Fsp3) is 0.400. The van der Waals surface area contributed by atoms with Gasteiger partial charge in [0.25, 0.3) is 5.91 Å². The second-order valence-electron chi connectivity index (χ2n) is 7.82. The molecular formula is C25H30N4O3. The third kappa shape index (κ3) is 5.60. The highest BCUT2D eigenvalue weighted by molar-refractivity contribution is 6.07. The van der Waals surface area contributed by atoms with Crippen LogP contribution in [0.4, 0.5) is 0 Å². The number of aromatic nitrogens is 2. The van der Waals surface area contributed by atoms with E-state index in [-0.39, 0.29) is 5.91 Å². The van der Waals surface area contributed by atoms with Gasteiger partial charge < -0.3 is 14.8 Å². The van der Waals surface area contributed by atoms with Crippen molar-refractivity contribution < 1.29 is 14.3 Å². The van der Waals surface area contributed by atoms with Gasteiger partial charge in [-0.3, -0.25) is 14.7 Å². The number of nitrogens with zero attached hydrogens (tertiary/aromatic N) is 3. The quantitative estimate of drug-likeness (QED) is 0.519. The summed E-state index contributed by atoms with van der Waals surface area (Å²) >= 11 is 0. The van der Waals surface area contributed by atoms with E-state index in [1.165, 1.54) is 0 Å². The molecule has 1 saturated heterocycles. The first-order valence-corrected chi connectivity index (χ1v) is 11.3. The molecule has 3 heterocycles. The van der Waals surface area contributed by atoms with Crippen molar-refractivity contribution in [2.75, 3.05) is 46.0 Å². The highest BCUT2D eigenvalue weighted by Crippen LogP contribution is 2.26. The Bertz CT molecular complexity index is 1030. The second kappa shape index (κ2) is 11.0. The van der Waals surface area contributed by atoms with Crippen molar-refractivity contribution in [2.45, 2.75) is 19.8 Å². The summed E-state index contributed by atoms with van der Waals surface area (Å²) < 4.78 is 10.9. The van der Waals surface area contributed by atoms with Crippen LogP contribution in [0.5, 0.6) is 5.75 Å².